The van der Waals surface area contributed by atoms with Crippen molar-refractivity contribution in [2.45, 2.75) is 5.92 Å². The van der Waals surface area contributed by atoms with Gasteiger partial charge in [-0.3, -0.25) is 23.3 Å². The molecule has 0 spiro atoms. The summed E-state index contributed by atoms with van der Waals surface area (Å²) in [6, 6.07) is 4.72. The van der Waals surface area contributed by atoms with E-state index in [0.717, 1.165) is 18.3 Å². The van der Waals surface area contributed by atoms with Gasteiger partial charge >= 0.3 is 11.4 Å². The third-order valence-corrected chi connectivity index (χ3v) is 5.60. The molecule has 31 heavy (non-hydrogen) atoms. The van der Waals surface area contributed by atoms with Gasteiger partial charge in [0.1, 0.15) is 11.5 Å². The highest BCUT2D eigenvalue weighted by atomic mass is 16.5. The zero-order chi connectivity index (χ0) is 22.8. The molecule has 3 aromatic rings. The average molecular weight is 427 g/mol. The molecule has 0 fully saturated rings. The lowest BCUT2D eigenvalue weighted by atomic mass is 9.84. The molecule has 0 saturated heterocycles. The van der Waals surface area contributed by atoms with Crippen LogP contribution in [0.5, 0.6) is 23.3 Å². The maximum Gasteiger partial charge on any atom is 0.333 e. The molecule has 0 bridgehead atoms. The van der Waals surface area contributed by atoms with E-state index >= 15 is 0 Å². The van der Waals surface area contributed by atoms with Crippen molar-refractivity contribution in [3.63, 3.8) is 0 Å². The third-order valence-electron chi connectivity index (χ3n) is 5.60. The van der Waals surface area contributed by atoms with E-state index in [2.05, 4.69) is 0 Å². The number of hydrogen-bond acceptors (Lipinski definition) is 7. The number of hydrogen-bond donors (Lipinski definition) is 0. The molecule has 11 heteroatoms. The molecule has 0 amide bonds. The van der Waals surface area contributed by atoms with E-state index in [1.807, 2.05) is 0 Å². The van der Waals surface area contributed by atoms with Crippen LogP contribution in [0.3, 0.4) is 0 Å². The molecule has 0 N–H and O–H groups in total. The Morgan fingerprint density at radius 3 is 2.06 bits per heavy atom. The lowest BCUT2D eigenvalue weighted by Gasteiger charge is -2.31. The van der Waals surface area contributed by atoms with E-state index in [0.29, 0.717) is 11.3 Å². The first-order valence-electron chi connectivity index (χ1n) is 9.22. The molecule has 1 unspecified atom stereocenters. The van der Waals surface area contributed by atoms with Gasteiger partial charge in [0.25, 0.3) is 11.1 Å². The number of nitrogens with zero attached hydrogens (tertiary/aromatic N) is 4. The minimum absolute atomic E-state index is 0.0572. The van der Waals surface area contributed by atoms with Crippen LogP contribution < -0.4 is 37.1 Å². The summed E-state index contributed by atoms with van der Waals surface area (Å²) in [4.78, 5) is 50.9. The summed E-state index contributed by atoms with van der Waals surface area (Å²) < 4.78 is 14.7. The average Bonchev–Trinajstić information content (AvgIpc) is 2.77. The predicted molar refractivity (Wildman–Crippen MR) is 107 cm³/mol. The van der Waals surface area contributed by atoms with Crippen molar-refractivity contribution in [2.75, 3.05) is 7.11 Å². The second-order valence-electron chi connectivity index (χ2n) is 7.29. The first-order valence-corrected chi connectivity index (χ1v) is 9.22. The van der Waals surface area contributed by atoms with Crippen molar-refractivity contribution in [1.82, 2.24) is 18.3 Å². The molecular formula is C20H19N4O7-. The van der Waals surface area contributed by atoms with E-state index in [1.54, 1.807) is 18.2 Å². The number of fused-ring (bicyclic) bond motifs is 2. The van der Waals surface area contributed by atoms with E-state index in [9.17, 15) is 24.3 Å². The molecule has 11 nitrogen and oxygen atoms in total. The highest BCUT2D eigenvalue weighted by Gasteiger charge is 2.37. The molecule has 1 aliphatic heterocycles. The van der Waals surface area contributed by atoms with Gasteiger partial charge in [-0.15, -0.1) is 0 Å². The molecule has 3 heterocycles. The monoisotopic (exact) mass is 427 g/mol. The Hall–Kier alpha value is -4.02. The van der Waals surface area contributed by atoms with Gasteiger partial charge in [-0.2, -0.15) is 0 Å². The second-order valence-corrected chi connectivity index (χ2v) is 7.29. The van der Waals surface area contributed by atoms with Crippen molar-refractivity contribution in [3.8, 4) is 23.3 Å². The van der Waals surface area contributed by atoms with Crippen LogP contribution in [-0.2, 0) is 28.2 Å². The second kappa shape index (κ2) is 6.76. The molecule has 4 rings (SSSR count). The normalized spacial score (nSPS) is 14.5. The topological polar surface area (TPSA) is 130 Å². The number of ether oxygens (including phenoxy) is 2. The SMILES string of the molecule is COc1ccc2c(c1)C(c1c([O-])n(C)c(=O)n(C)c1=O)c1c(n(C)c(=O)n(C)c1=O)O2. The van der Waals surface area contributed by atoms with Crippen LogP contribution >= 0.6 is 0 Å². The van der Waals surface area contributed by atoms with Gasteiger partial charge in [-0.25, -0.2) is 9.59 Å². The lowest BCUT2D eigenvalue weighted by Crippen LogP contribution is -2.44. The van der Waals surface area contributed by atoms with Crippen LogP contribution in [0.25, 0.3) is 0 Å². The van der Waals surface area contributed by atoms with Crippen molar-refractivity contribution in [1.29, 1.82) is 0 Å². The third kappa shape index (κ3) is 2.66. The number of aromatic nitrogens is 4. The minimum atomic E-state index is -1.18. The van der Waals surface area contributed by atoms with Gasteiger partial charge in [0, 0.05) is 39.3 Å². The van der Waals surface area contributed by atoms with E-state index in [1.165, 1.54) is 35.3 Å². The Morgan fingerprint density at radius 2 is 1.45 bits per heavy atom. The van der Waals surface area contributed by atoms with Crippen LogP contribution in [0, 0.1) is 0 Å². The standard InChI is InChI=1S/C20H20N4O7/c1-21-15(25)13(16(26)22(2)19(21)28)12-10-8-9(30-5)6-7-11(10)31-18-14(12)17(27)23(3)20(29)24(18)4/h6-8,12,25H,1-5H3/p-1. The van der Waals surface area contributed by atoms with Crippen LogP contribution in [0.1, 0.15) is 22.6 Å². The van der Waals surface area contributed by atoms with E-state index < -0.39 is 34.3 Å². The molecule has 1 atom stereocenters. The van der Waals surface area contributed by atoms with E-state index in [4.69, 9.17) is 9.47 Å². The van der Waals surface area contributed by atoms with Gasteiger partial charge in [-0.1, -0.05) is 0 Å². The van der Waals surface area contributed by atoms with Crippen molar-refractivity contribution in [3.05, 3.63) is 76.6 Å². The first-order chi connectivity index (χ1) is 14.6. The number of benzene rings is 1. The Labute approximate surface area is 174 Å². The molecule has 1 aliphatic rings. The van der Waals surface area contributed by atoms with Crippen molar-refractivity contribution < 1.29 is 14.6 Å². The number of methoxy groups -OCH3 is 1. The zero-order valence-corrected chi connectivity index (χ0v) is 17.5. The fourth-order valence-electron chi connectivity index (χ4n) is 3.85. The Balaban J connectivity index is 2.24. The maximum atomic E-state index is 13.2. The van der Waals surface area contributed by atoms with Crippen molar-refractivity contribution >= 4 is 0 Å². The summed E-state index contributed by atoms with van der Waals surface area (Å²) in [6.45, 7) is 0. The molecule has 1 aromatic carbocycles. The Bertz CT molecular complexity index is 1460. The molecular weight excluding hydrogens is 408 g/mol. The van der Waals surface area contributed by atoms with Gasteiger partial charge < -0.3 is 19.1 Å². The van der Waals surface area contributed by atoms with Crippen LogP contribution in [-0.4, -0.2) is 25.4 Å². The predicted octanol–water partition coefficient (Wildman–Crippen LogP) is -1.15. The summed E-state index contributed by atoms with van der Waals surface area (Å²) in [6.07, 6.45) is 0. The fourth-order valence-corrected chi connectivity index (χ4v) is 3.85. The summed E-state index contributed by atoms with van der Waals surface area (Å²) >= 11 is 0. The molecule has 162 valence electrons. The van der Waals surface area contributed by atoms with Crippen LogP contribution in [0.2, 0.25) is 0 Å². The Morgan fingerprint density at radius 1 is 0.871 bits per heavy atom. The van der Waals surface area contributed by atoms with Crippen LogP contribution in [0.4, 0.5) is 0 Å². The quantitative estimate of drug-likeness (QED) is 0.395. The lowest BCUT2D eigenvalue weighted by molar-refractivity contribution is -0.281. The summed E-state index contributed by atoms with van der Waals surface area (Å²) in [7, 11) is 6.66. The minimum Gasteiger partial charge on any atom is -0.860 e. The summed E-state index contributed by atoms with van der Waals surface area (Å²) in [5.41, 5.74) is -3.00. The van der Waals surface area contributed by atoms with Gasteiger partial charge in [-0.05, 0) is 24.1 Å². The van der Waals surface area contributed by atoms with Crippen molar-refractivity contribution in [2.24, 2.45) is 28.2 Å². The van der Waals surface area contributed by atoms with Gasteiger partial charge in [0.2, 0.25) is 5.88 Å². The van der Waals surface area contributed by atoms with Gasteiger partial charge in [0.15, 0.2) is 0 Å². The zero-order valence-electron chi connectivity index (χ0n) is 17.5. The molecule has 0 radical (unpaired) electrons. The first kappa shape index (κ1) is 20.3. The number of rotatable bonds is 2. The highest BCUT2D eigenvalue weighted by Crippen LogP contribution is 2.46. The van der Waals surface area contributed by atoms with Gasteiger partial charge in [0.05, 0.1) is 18.6 Å². The summed E-state index contributed by atoms with van der Waals surface area (Å²) in [5.74, 6) is -1.44. The molecule has 0 aliphatic carbocycles. The largest absolute Gasteiger partial charge is 0.860 e. The smallest absolute Gasteiger partial charge is 0.333 e. The Kier molecular flexibility index (Phi) is 4.42. The van der Waals surface area contributed by atoms with Crippen LogP contribution in [0.15, 0.2) is 37.4 Å². The molecule has 2 aromatic heterocycles. The molecule has 0 saturated carbocycles. The summed E-state index contributed by atoms with van der Waals surface area (Å²) in [5, 5.41) is 13.1. The highest BCUT2D eigenvalue weighted by molar-refractivity contribution is 5.58. The van der Waals surface area contributed by atoms with E-state index in [-0.39, 0.29) is 22.8 Å². The fraction of sp³-hybridized carbons (Fsp3) is 0.300. The maximum absolute atomic E-state index is 13.2.